The number of hydrogen-bond donors (Lipinski definition) is 1. The van der Waals surface area contributed by atoms with Gasteiger partial charge < -0.3 is 16.4 Å². The molecule has 4 aromatic carbocycles. The number of aryl methyl sites for hydroxylation is 2. The average molecular weight is 1050 g/mol. The van der Waals surface area contributed by atoms with E-state index in [1.54, 1.807) is 31.2 Å². The van der Waals surface area contributed by atoms with Gasteiger partial charge in [-0.1, -0.05) is 42.8 Å². The molecule has 0 radical (unpaired) electrons. The number of nitrogens with two attached hydrogens (primary N) is 1. The second-order valence-corrected chi connectivity index (χ2v) is 29.1. The number of methoxy groups -OCH3 is 2. The van der Waals surface area contributed by atoms with Crippen LogP contribution < -0.4 is 14.6 Å². The maximum absolute atomic E-state index is 12.5. The fourth-order valence-corrected chi connectivity index (χ4v) is 8.24. The van der Waals surface area contributed by atoms with Gasteiger partial charge >= 0.3 is 49.4 Å². The van der Waals surface area contributed by atoms with Gasteiger partial charge in [-0.3, -0.25) is 0 Å². The molecule has 11 nitrogen and oxygen atoms in total. The number of sulfonamides is 1. The molecule has 0 amide bonds. The fraction of sp³-hybridized carbons (Fsp3) is 0.194. The van der Waals surface area contributed by atoms with Crippen molar-refractivity contribution in [1.82, 2.24) is 0 Å². The van der Waals surface area contributed by atoms with E-state index in [0.29, 0.717) is 9.47 Å². The van der Waals surface area contributed by atoms with E-state index in [0.717, 1.165) is 23.3 Å². The predicted molar refractivity (Wildman–Crippen MR) is 209 cm³/mol. The zero-order valence-electron chi connectivity index (χ0n) is 26.7. The molecular weight excluding hydrogens is 1010 g/mol. The Morgan fingerprint density at radius 2 is 0.880 bits per heavy atom. The second kappa shape index (κ2) is 21.3. The Hall–Kier alpha value is -1.43. The van der Waals surface area contributed by atoms with Crippen LogP contribution in [0.4, 0.5) is 0 Å². The fourth-order valence-electron chi connectivity index (χ4n) is 3.77. The molecule has 0 saturated carbocycles. The van der Waals surface area contributed by atoms with E-state index < -0.39 is 38.7 Å². The van der Waals surface area contributed by atoms with Crippen LogP contribution in [-0.2, 0) is 48.2 Å². The summed E-state index contributed by atoms with van der Waals surface area (Å²) in [4.78, 5) is -0.949. The van der Waals surface area contributed by atoms with Crippen molar-refractivity contribution >= 4 is 89.4 Å². The van der Waals surface area contributed by atoms with E-state index >= 15 is 0 Å². The number of primary sulfonamides is 1. The molecule has 0 spiro atoms. The van der Waals surface area contributed by atoms with Crippen LogP contribution in [0, 0.1) is 20.8 Å². The minimum atomic E-state index is -4.13. The summed E-state index contributed by atoms with van der Waals surface area (Å²) in [5, 5.41) is 5.10. The zero-order valence-corrected chi connectivity index (χ0v) is 36.4. The molecule has 0 heterocycles. The summed E-state index contributed by atoms with van der Waals surface area (Å²) in [5.74, 6) is -0.0248. The first-order valence-electron chi connectivity index (χ1n) is 13.3. The van der Waals surface area contributed by atoms with Crippen LogP contribution in [0.3, 0.4) is 0 Å². The Labute approximate surface area is 329 Å². The number of ether oxygens (including phenoxy) is 2. The molecule has 2 N–H and O–H groups in total. The molecule has 0 aliphatic rings. The maximum atomic E-state index is 12.5. The average Bonchev–Trinajstić information content (AvgIpc) is 3.05. The van der Waals surface area contributed by atoms with Crippen molar-refractivity contribution in [2.75, 3.05) is 14.2 Å². The summed E-state index contributed by atoms with van der Waals surface area (Å²) >= 11 is 4.74. The van der Waals surface area contributed by atoms with Crippen LogP contribution in [0.15, 0.2) is 114 Å². The van der Waals surface area contributed by atoms with Gasteiger partial charge in [-0.2, -0.15) is 6.92 Å². The number of halogens is 3. The van der Waals surface area contributed by atoms with Crippen molar-refractivity contribution in [2.24, 2.45) is 5.14 Å². The molecule has 0 atom stereocenters. The van der Waals surface area contributed by atoms with Gasteiger partial charge in [0.05, 0.1) is 33.8 Å². The van der Waals surface area contributed by atoms with E-state index in [9.17, 15) is 33.7 Å². The van der Waals surface area contributed by atoms with Crippen LogP contribution in [0.5, 0.6) is 11.5 Å². The van der Waals surface area contributed by atoms with Gasteiger partial charge in [-0.25, -0.2) is 38.8 Å². The third-order valence-corrected chi connectivity index (χ3v) is 11.9. The summed E-state index contributed by atoms with van der Waals surface area (Å²) in [6, 6.07) is 19.6. The van der Waals surface area contributed by atoms with Gasteiger partial charge in [0.25, 0.3) is 9.05 Å². The van der Waals surface area contributed by atoms with Gasteiger partial charge in [-0.15, -0.1) is 0 Å². The number of rotatable bonds is 8. The first-order chi connectivity index (χ1) is 22.7. The van der Waals surface area contributed by atoms with Crippen molar-refractivity contribution in [3.8, 4) is 11.5 Å². The zero-order chi connectivity index (χ0) is 37.8. The van der Waals surface area contributed by atoms with E-state index in [1.807, 2.05) is 13.8 Å². The van der Waals surface area contributed by atoms with E-state index in [4.69, 9.17) is 25.3 Å². The van der Waals surface area contributed by atoms with E-state index in [-0.39, 0.29) is 48.3 Å². The van der Waals surface area contributed by atoms with E-state index in [2.05, 4.69) is 46.9 Å². The van der Waals surface area contributed by atoms with Crippen molar-refractivity contribution in [3.63, 3.8) is 0 Å². The molecule has 277 valence electrons. The monoisotopic (exact) mass is 1050 g/mol. The van der Waals surface area contributed by atoms with Crippen LogP contribution in [0.1, 0.15) is 25.5 Å². The SMILES string of the molecule is C.COc1ccc(S(=O)(=O)c2ccc(C)cc2)cc1S(=O)(=O)Cl.COc1ccc(S(=O)(=O)c2ccc(C)cc2)cc1S(N)(=O)=O.[CH2-]C.[I][V][I]. The van der Waals surface area contributed by atoms with Crippen molar-refractivity contribution in [2.45, 2.75) is 57.6 Å². The van der Waals surface area contributed by atoms with E-state index in [1.165, 1.54) is 62.8 Å². The van der Waals surface area contributed by atoms with Crippen molar-refractivity contribution < 1.29 is 52.6 Å². The first-order valence-corrected chi connectivity index (χ1v) is 29.2. The second-order valence-electron chi connectivity index (χ2n) is 9.31. The molecule has 0 saturated heterocycles. The van der Waals surface area contributed by atoms with Crippen LogP contribution in [0.2, 0.25) is 0 Å². The van der Waals surface area contributed by atoms with Crippen LogP contribution in [-0.4, -0.2) is 47.9 Å². The Morgan fingerprint density at radius 1 is 0.600 bits per heavy atom. The quantitative estimate of drug-likeness (QED) is 0.106. The van der Waals surface area contributed by atoms with Crippen LogP contribution in [0.25, 0.3) is 0 Å². The Morgan fingerprint density at radius 3 is 1.16 bits per heavy atom. The summed E-state index contributed by atoms with van der Waals surface area (Å²) < 4.78 is 106. The number of sulfone groups is 2. The van der Waals surface area contributed by atoms with Gasteiger partial charge in [0.2, 0.25) is 29.7 Å². The summed E-state index contributed by atoms with van der Waals surface area (Å²) in [6.07, 6.45) is 0. The van der Waals surface area contributed by atoms with Crippen molar-refractivity contribution in [3.05, 3.63) is 103 Å². The Bertz CT molecular complexity index is 2000. The first kappa shape index (κ1) is 48.6. The summed E-state index contributed by atoms with van der Waals surface area (Å²) in [7, 11) is -7.42. The molecule has 0 bridgehead atoms. The topological polar surface area (TPSA) is 181 Å². The Balaban J connectivity index is 0.000000836. The molecule has 19 heteroatoms. The molecule has 4 rings (SSSR count). The molecule has 4 aromatic rings. The molecule has 0 fully saturated rings. The van der Waals surface area contributed by atoms with Crippen molar-refractivity contribution in [1.29, 1.82) is 0 Å². The van der Waals surface area contributed by atoms with Gasteiger partial charge in [0.15, 0.2) is 0 Å². The third-order valence-electron chi connectivity index (χ3n) is 6.12. The molecule has 0 aliphatic carbocycles. The molecule has 0 aliphatic heterocycles. The predicted octanol–water partition coefficient (Wildman–Crippen LogP) is 7.49. The van der Waals surface area contributed by atoms with Gasteiger partial charge in [0.1, 0.15) is 21.3 Å². The normalized spacial score (nSPS) is 11.1. The summed E-state index contributed by atoms with van der Waals surface area (Å²) in [6.45, 7) is 8.67. The molecule has 0 unspecified atom stereocenters. The summed E-state index contributed by atoms with van der Waals surface area (Å²) in [5.41, 5.74) is 1.83. The van der Waals surface area contributed by atoms with Crippen LogP contribution >= 0.6 is 50.6 Å². The van der Waals surface area contributed by atoms with Gasteiger partial charge in [0, 0.05) is 10.7 Å². The molecule has 0 aromatic heterocycles. The van der Waals surface area contributed by atoms with Gasteiger partial charge in [-0.05, 0) is 74.5 Å². The Kier molecular flexibility index (Phi) is 20.7. The number of benzene rings is 4. The standard InChI is InChI=1S/C14H13ClO5S2.C14H15NO5S2.C2H5.CH4.2HI.V/c2*1-10-3-5-11(6-4-10)21(16,17)12-7-8-13(20-2)14(9-12)22(15,18)19;1-2;;;;/h3-9H,1-2H3;3-9H,1-2H3,(H2,15,18,19);1H2,2H3;1H4;2*1H;/q;;-1;;;;+2/p-2. The molecular formula is C31H37ClI2NO10S4V-. The third kappa shape index (κ3) is 13.5. The minimum absolute atomic E-state index is 0. The number of hydrogen-bond acceptors (Lipinski definition) is 10. The molecule has 50 heavy (non-hydrogen) atoms.